The summed E-state index contributed by atoms with van der Waals surface area (Å²) in [5.74, 6) is -1.13. The minimum absolute atomic E-state index is 0.0185. The number of hydrogen-bond acceptors (Lipinski definition) is 8. The highest BCUT2D eigenvalue weighted by Gasteiger charge is 2.43. The van der Waals surface area contributed by atoms with Crippen molar-refractivity contribution in [2.45, 2.75) is 97.8 Å². The van der Waals surface area contributed by atoms with Gasteiger partial charge in [0.1, 0.15) is 10.7 Å². The summed E-state index contributed by atoms with van der Waals surface area (Å²) >= 11 is 1.27. The molecule has 276 valence electrons. The Kier molecular flexibility index (Phi) is 14.1. The molecule has 1 aromatic heterocycles. The van der Waals surface area contributed by atoms with Crippen LogP contribution in [0.3, 0.4) is 0 Å². The number of ether oxygens (including phenoxy) is 1. The zero-order valence-electron chi connectivity index (χ0n) is 31.6. The summed E-state index contributed by atoms with van der Waals surface area (Å²) in [6.45, 7) is 12.8. The van der Waals surface area contributed by atoms with Crippen LogP contribution in [0.15, 0.2) is 60.0 Å². The van der Waals surface area contributed by atoms with Crippen molar-refractivity contribution in [1.82, 2.24) is 20.1 Å². The number of nitrogens with zero attached hydrogens (tertiary/aromatic N) is 3. The maximum atomic E-state index is 14.2. The third-order valence-corrected chi connectivity index (χ3v) is 11.8. The Bertz CT molecular complexity index is 1620. The molecule has 0 unspecified atom stereocenters. The fourth-order valence-corrected chi connectivity index (χ4v) is 7.89. The zero-order valence-corrected chi connectivity index (χ0v) is 32.4. The lowest BCUT2D eigenvalue weighted by molar-refractivity contribution is -0.149. The molecule has 0 aliphatic carbocycles. The number of carbonyl (C=O) groups excluding carboxylic acids is 4. The third kappa shape index (κ3) is 10.1. The van der Waals surface area contributed by atoms with Gasteiger partial charge in [-0.2, -0.15) is 0 Å². The topological polar surface area (TPSA) is 109 Å². The number of nitrogens with one attached hydrogen (secondary N) is 1. The highest BCUT2D eigenvalue weighted by Crippen LogP contribution is 2.35. The second kappa shape index (κ2) is 18.0. The van der Waals surface area contributed by atoms with E-state index in [1.807, 2.05) is 52.9 Å². The Hall–Kier alpha value is -3.89. The number of amides is 2. The molecule has 0 bridgehead atoms. The van der Waals surface area contributed by atoms with E-state index in [1.165, 1.54) is 18.3 Å². The van der Waals surface area contributed by atoms with Gasteiger partial charge in [-0.25, -0.2) is 4.98 Å². The molecule has 2 heterocycles. The van der Waals surface area contributed by atoms with Crippen LogP contribution in [0.4, 0.5) is 0 Å². The van der Waals surface area contributed by atoms with Crippen LogP contribution in [0.25, 0.3) is 11.1 Å². The van der Waals surface area contributed by atoms with Crippen LogP contribution in [-0.2, 0) is 25.5 Å². The van der Waals surface area contributed by atoms with Crippen molar-refractivity contribution in [2.75, 3.05) is 27.2 Å². The van der Waals surface area contributed by atoms with Crippen LogP contribution in [0, 0.1) is 17.8 Å². The summed E-state index contributed by atoms with van der Waals surface area (Å²) in [7, 11) is 3.78. The molecule has 1 aliphatic heterocycles. The largest absolute Gasteiger partial charge is 0.455 e. The van der Waals surface area contributed by atoms with Crippen molar-refractivity contribution in [1.29, 1.82) is 0 Å². The Morgan fingerprint density at radius 2 is 1.71 bits per heavy atom. The van der Waals surface area contributed by atoms with E-state index in [2.05, 4.69) is 58.5 Å². The minimum atomic E-state index is -0.741. The molecule has 51 heavy (non-hydrogen) atoms. The molecule has 0 spiro atoms. The zero-order chi connectivity index (χ0) is 37.3. The number of likely N-dealkylation sites (N-methyl/N-ethyl adjacent to an activating group) is 1. The second-order valence-electron chi connectivity index (χ2n) is 14.7. The molecule has 9 nitrogen and oxygen atoms in total. The fourth-order valence-electron chi connectivity index (χ4n) is 7.05. The van der Waals surface area contributed by atoms with E-state index < -0.39 is 23.5 Å². The molecule has 2 amide bonds. The standard InChI is InChI=1S/C41H56N4O5S/c1-9-28(4)33(24-37(47)41(6)21-13-23-44(41)7)40(49)45(8)35(27(2)3)25-36(50-29(5)46)39-43-34(26-51-39)38(48)42-22-20-30-16-18-32(19-17-30)31-14-11-10-12-15-31/h10-12,14-19,26-28,33,35-36H,9,13,20-25H2,1-8H3,(H,42,48)/t28-,33-,35+,36+,41+/m0/s1. The van der Waals surface area contributed by atoms with Gasteiger partial charge in [-0.3, -0.25) is 24.1 Å². The first kappa shape index (κ1) is 39.9. The van der Waals surface area contributed by atoms with E-state index in [-0.39, 0.29) is 47.6 Å². The quantitative estimate of drug-likeness (QED) is 0.145. The van der Waals surface area contributed by atoms with E-state index in [1.54, 1.807) is 17.3 Å². The molecule has 1 saturated heterocycles. The molecule has 3 aromatic rings. The number of aromatic nitrogens is 1. The lowest BCUT2D eigenvalue weighted by Gasteiger charge is -2.38. The fraction of sp³-hybridized carbons (Fsp3) is 0.537. The first-order chi connectivity index (χ1) is 24.2. The van der Waals surface area contributed by atoms with Crippen LogP contribution in [0.1, 0.15) is 101 Å². The van der Waals surface area contributed by atoms with Crippen LogP contribution < -0.4 is 5.32 Å². The third-order valence-electron chi connectivity index (χ3n) is 10.8. The van der Waals surface area contributed by atoms with Crippen molar-refractivity contribution in [3.63, 3.8) is 0 Å². The Balaban J connectivity index is 1.42. The first-order valence-corrected chi connectivity index (χ1v) is 19.2. The molecule has 0 radical (unpaired) electrons. The van der Waals surface area contributed by atoms with Gasteiger partial charge in [0.15, 0.2) is 11.9 Å². The van der Waals surface area contributed by atoms with Crippen molar-refractivity contribution in [2.24, 2.45) is 17.8 Å². The number of Topliss-reactive ketones (excluding diaryl/α,β-unsaturated/α-hetero) is 1. The number of esters is 1. The van der Waals surface area contributed by atoms with Crippen LogP contribution in [0.2, 0.25) is 0 Å². The molecule has 1 fully saturated rings. The summed E-state index contributed by atoms with van der Waals surface area (Å²) in [6.07, 6.45) is 2.98. The number of hydrogen-bond donors (Lipinski definition) is 1. The monoisotopic (exact) mass is 716 g/mol. The first-order valence-electron chi connectivity index (χ1n) is 18.3. The second-order valence-corrected chi connectivity index (χ2v) is 15.5. The lowest BCUT2D eigenvalue weighted by atomic mass is 9.80. The van der Waals surface area contributed by atoms with E-state index >= 15 is 0 Å². The van der Waals surface area contributed by atoms with Crippen LogP contribution >= 0.6 is 11.3 Å². The van der Waals surface area contributed by atoms with Crippen molar-refractivity contribution >= 4 is 34.9 Å². The average molecular weight is 717 g/mol. The van der Waals surface area contributed by atoms with Gasteiger partial charge < -0.3 is 15.0 Å². The highest BCUT2D eigenvalue weighted by atomic mass is 32.1. The summed E-state index contributed by atoms with van der Waals surface area (Å²) in [4.78, 5) is 61.8. The minimum Gasteiger partial charge on any atom is -0.455 e. The smallest absolute Gasteiger partial charge is 0.303 e. The van der Waals surface area contributed by atoms with Gasteiger partial charge in [0.25, 0.3) is 5.91 Å². The van der Waals surface area contributed by atoms with Crippen LogP contribution in [0.5, 0.6) is 0 Å². The molecule has 4 rings (SSSR count). The molecule has 1 N–H and O–H groups in total. The van der Waals surface area contributed by atoms with Gasteiger partial charge in [0, 0.05) is 50.7 Å². The van der Waals surface area contributed by atoms with Gasteiger partial charge in [0.2, 0.25) is 5.91 Å². The number of thiazole rings is 1. The van der Waals surface area contributed by atoms with E-state index in [0.29, 0.717) is 24.4 Å². The Morgan fingerprint density at radius 3 is 2.29 bits per heavy atom. The van der Waals surface area contributed by atoms with E-state index in [4.69, 9.17) is 4.74 Å². The highest BCUT2D eigenvalue weighted by molar-refractivity contribution is 7.09. The van der Waals surface area contributed by atoms with Gasteiger partial charge in [-0.05, 0) is 68.3 Å². The molecule has 10 heteroatoms. The normalized spacial score (nSPS) is 18.5. The number of likely N-dealkylation sites (tertiary alicyclic amines) is 1. The van der Waals surface area contributed by atoms with Crippen molar-refractivity contribution < 1.29 is 23.9 Å². The summed E-state index contributed by atoms with van der Waals surface area (Å²) in [5.41, 5.74) is 3.12. The Morgan fingerprint density at radius 1 is 1.04 bits per heavy atom. The maximum absolute atomic E-state index is 14.2. The SMILES string of the molecule is CC[C@H](C)[C@H](CC(=O)[C@@]1(C)CCCN1C)C(=O)N(C)[C@H](C[C@@H](OC(C)=O)c1nc(C(=O)NCCc2ccc(-c3ccccc3)cc2)cs1)C(C)C. The predicted molar refractivity (Wildman–Crippen MR) is 203 cm³/mol. The molecule has 0 saturated carbocycles. The summed E-state index contributed by atoms with van der Waals surface area (Å²) in [5, 5.41) is 5.15. The maximum Gasteiger partial charge on any atom is 0.303 e. The van der Waals surface area contributed by atoms with Gasteiger partial charge >= 0.3 is 5.97 Å². The van der Waals surface area contributed by atoms with Gasteiger partial charge in [-0.15, -0.1) is 11.3 Å². The summed E-state index contributed by atoms with van der Waals surface area (Å²) < 4.78 is 5.79. The molecular weight excluding hydrogens is 661 g/mol. The average Bonchev–Trinajstić information content (AvgIpc) is 3.75. The van der Waals surface area contributed by atoms with Gasteiger partial charge in [-0.1, -0.05) is 88.7 Å². The molecule has 1 aliphatic rings. The lowest BCUT2D eigenvalue weighted by Crippen LogP contribution is -2.50. The number of ketones is 1. The van der Waals surface area contributed by atoms with Gasteiger partial charge in [0.05, 0.1) is 5.54 Å². The predicted octanol–water partition coefficient (Wildman–Crippen LogP) is 7.37. The van der Waals surface area contributed by atoms with E-state index in [9.17, 15) is 19.2 Å². The Labute approximate surface area is 308 Å². The van der Waals surface area contributed by atoms with E-state index in [0.717, 1.165) is 42.5 Å². The van der Waals surface area contributed by atoms with Crippen LogP contribution in [-0.4, -0.2) is 77.1 Å². The number of carbonyl (C=O) groups is 4. The molecular formula is C41H56N4O5S. The summed E-state index contributed by atoms with van der Waals surface area (Å²) in [6, 6.07) is 18.2. The molecule has 5 atom stereocenters. The molecule has 2 aromatic carbocycles. The van der Waals surface area contributed by atoms with Crippen molar-refractivity contribution in [3.05, 3.63) is 76.2 Å². The van der Waals surface area contributed by atoms with Crippen molar-refractivity contribution in [3.8, 4) is 11.1 Å². The number of rotatable bonds is 17. The number of benzene rings is 2.